The van der Waals surface area contributed by atoms with Gasteiger partial charge in [0.2, 0.25) is 0 Å². The molecule has 1 aliphatic carbocycles. The minimum Gasteiger partial charge on any atom is -0.457 e. The van der Waals surface area contributed by atoms with Crippen molar-refractivity contribution < 1.29 is 4.74 Å². The lowest BCUT2D eigenvalue weighted by Crippen LogP contribution is -2.02. The molecule has 4 nitrogen and oxygen atoms in total. The van der Waals surface area contributed by atoms with Gasteiger partial charge in [-0.05, 0) is 81.9 Å². The summed E-state index contributed by atoms with van der Waals surface area (Å²) in [6.07, 6.45) is 3.94. The Morgan fingerprint density at radius 3 is 1.80 bits per heavy atom. The predicted molar refractivity (Wildman–Crippen MR) is 207 cm³/mol. The highest BCUT2D eigenvalue weighted by atomic mass is 16.5. The van der Waals surface area contributed by atoms with Crippen molar-refractivity contribution >= 4 is 21.8 Å². The fraction of sp³-hybridized carbons (Fsp3) is 0.0213. The third kappa shape index (κ3) is 5.00. The summed E-state index contributed by atoms with van der Waals surface area (Å²) in [7, 11) is 0. The SMILES string of the molecule is c1ccc(-c2ccc(C3c4ccccc4-c4ccc(Oc5ccc6c7ccccc7n(-c7ccc(-c8ccccc8)cn7)c6c5)cc43)nc2)cc1. The molecule has 0 saturated carbocycles. The minimum absolute atomic E-state index is 0.0134. The number of hydrogen-bond donors (Lipinski definition) is 0. The minimum atomic E-state index is 0.0134. The number of benzene rings is 6. The fourth-order valence-corrected chi connectivity index (χ4v) is 7.66. The van der Waals surface area contributed by atoms with E-state index < -0.39 is 0 Å². The molecule has 1 atom stereocenters. The summed E-state index contributed by atoms with van der Waals surface area (Å²) in [4.78, 5) is 9.96. The molecule has 0 N–H and O–H groups in total. The van der Waals surface area contributed by atoms with Crippen LogP contribution in [0.15, 0.2) is 182 Å². The Labute approximate surface area is 295 Å². The van der Waals surface area contributed by atoms with Gasteiger partial charge in [0.05, 0.1) is 22.6 Å². The quantitative estimate of drug-likeness (QED) is 0.179. The molecule has 6 aromatic carbocycles. The molecule has 0 bridgehead atoms. The third-order valence-electron chi connectivity index (χ3n) is 10.1. The maximum absolute atomic E-state index is 6.68. The Morgan fingerprint density at radius 2 is 1.06 bits per heavy atom. The van der Waals surface area contributed by atoms with Crippen LogP contribution in [0.25, 0.3) is 61.0 Å². The summed E-state index contributed by atoms with van der Waals surface area (Å²) in [5.74, 6) is 2.44. The second-order valence-electron chi connectivity index (χ2n) is 13.0. The first-order chi connectivity index (χ1) is 25.3. The lowest BCUT2D eigenvalue weighted by atomic mass is 9.92. The van der Waals surface area contributed by atoms with E-state index in [4.69, 9.17) is 14.7 Å². The summed E-state index contributed by atoms with van der Waals surface area (Å²) >= 11 is 0. The van der Waals surface area contributed by atoms with Crippen LogP contribution in [-0.4, -0.2) is 14.5 Å². The van der Waals surface area contributed by atoms with Crippen molar-refractivity contribution in [3.8, 4) is 50.7 Å². The van der Waals surface area contributed by atoms with Crippen LogP contribution in [0.3, 0.4) is 0 Å². The number of pyridine rings is 2. The van der Waals surface area contributed by atoms with E-state index in [9.17, 15) is 0 Å². The molecule has 51 heavy (non-hydrogen) atoms. The van der Waals surface area contributed by atoms with Gasteiger partial charge in [0.15, 0.2) is 0 Å². The van der Waals surface area contributed by atoms with Crippen LogP contribution in [0.4, 0.5) is 0 Å². The van der Waals surface area contributed by atoms with Crippen LogP contribution >= 0.6 is 0 Å². The average molecular weight is 654 g/mol. The zero-order valence-electron chi connectivity index (χ0n) is 27.6. The number of aromatic nitrogens is 3. The maximum Gasteiger partial charge on any atom is 0.137 e. The van der Waals surface area contributed by atoms with E-state index in [1.54, 1.807) is 0 Å². The number of hydrogen-bond acceptors (Lipinski definition) is 3. The molecule has 0 spiro atoms. The van der Waals surface area contributed by atoms with Crippen LogP contribution < -0.4 is 4.74 Å². The topological polar surface area (TPSA) is 39.9 Å². The van der Waals surface area contributed by atoms with Crippen molar-refractivity contribution in [2.24, 2.45) is 0 Å². The van der Waals surface area contributed by atoms with Gasteiger partial charge in [0.25, 0.3) is 0 Å². The Bertz CT molecular complexity index is 2700. The molecule has 3 aromatic heterocycles. The van der Waals surface area contributed by atoms with E-state index in [1.165, 1.54) is 27.6 Å². The number of ether oxygens (including phenoxy) is 1. The Kier molecular flexibility index (Phi) is 6.85. The van der Waals surface area contributed by atoms with E-state index in [0.29, 0.717) is 0 Å². The molecule has 0 saturated heterocycles. The molecule has 0 fully saturated rings. The number of rotatable bonds is 6. The highest BCUT2D eigenvalue weighted by Crippen LogP contribution is 2.49. The third-order valence-corrected chi connectivity index (χ3v) is 10.1. The summed E-state index contributed by atoms with van der Waals surface area (Å²) in [6.45, 7) is 0. The molecule has 240 valence electrons. The largest absolute Gasteiger partial charge is 0.457 e. The summed E-state index contributed by atoms with van der Waals surface area (Å²) < 4.78 is 8.91. The molecular weight excluding hydrogens is 623 g/mol. The number of fused-ring (bicyclic) bond motifs is 6. The second-order valence-corrected chi connectivity index (χ2v) is 13.0. The van der Waals surface area contributed by atoms with Crippen molar-refractivity contribution in [2.75, 3.05) is 0 Å². The van der Waals surface area contributed by atoms with E-state index in [0.717, 1.165) is 61.7 Å². The normalized spacial score (nSPS) is 13.3. The molecule has 0 aliphatic heterocycles. The van der Waals surface area contributed by atoms with Gasteiger partial charge in [-0.15, -0.1) is 0 Å². The van der Waals surface area contributed by atoms with Gasteiger partial charge < -0.3 is 4.74 Å². The van der Waals surface area contributed by atoms with Gasteiger partial charge in [-0.25, -0.2) is 4.98 Å². The highest BCUT2D eigenvalue weighted by Gasteiger charge is 2.31. The van der Waals surface area contributed by atoms with Gasteiger partial charge in [-0.3, -0.25) is 9.55 Å². The second kappa shape index (κ2) is 12.0. The Balaban J connectivity index is 1.03. The van der Waals surface area contributed by atoms with Gasteiger partial charge in [-0.2, -0.15) is 0 Å². The van der Waals surface area contributed by atoms with E-state index in [-0.39, 0.29) is 5.92 Å². The van der Waals surface area contributed by atoms with Crippen molar-refractivity contribution in [1.29, 1.82) is 0 Å². The lowest BCUT2D eigenvalue weighted by molar-refractivity contribution is 0.482. The predicted octanol–water partition coefficient (Wildman–Crippen LogP) is 11.9. The first kappa shape index (κ1) is 29.2. The zero-order valence-corrected chi connectivity index (χ0v) is 27.6. The lowest BCUT2D eigenvalue weighted by Gasteiger charge is -2.15. The fourth-order valence-electron chi connectivity index (χ4n) is 7.66. The average Bonchev–Trinajstić information content (AvgIpc) is 3.71. The van der Waals surface area contributed by atoms with Gasteiger partial charge in [-0.1, -0.05) is 115 Å². The van der Waals surface area contributed by atoms with Crippen molar-refractivity contribution in [3.05, 3.63) is 199 Å². The number of para-hydroxylation sites is 1. The standard InChI is InChI=1S/C47H31N3O/c1-3-11-31(12-4-1)33-19-25-43(48-29-33)47-41-17-8-7-15-37(41)38-23-21-35(27-42(38)47)51-36-22-24-40-39-16-9-10-18-44(39)50(45(40)28-36)46-26-20-34(30-49-46)32-13-5-2-6-14-32/h1-30,47H. The van der Waals surface area contributed by atoms with Gasteiger partial charge >= 0.3 is 0 Å². The van der Waals surface area contributed by atoms with Gasteiger partial charge in [0.1, 0.15) is 17.3 Å². The zero-order chi connectivity index (χ0) is 33.7. The molecule has 3 heterocycles. The molecule has 1 unspecified atom stereocenters. The Morgan fingerprint density at radius 1 is 0.431 bits per heavy atom. The molecule has 4 heteroatoms. The van der Waals surface area contributed by atoms with E-state index in [2.05, 4.69) is 162 Å². The molecule has 0 amide bonds. The first-order valence-electron chi connectivity index (χ1n) is 17.3. The summed E-state index contributed by atoms with van der Waals surface area (Å²) in [5, 5.41) is 2.33. The van der Waals surface area contributed by atoms with Crippen molar-refractivity contribution in [1.82, 2.24) is 14.5 Å². The van der Waals surface area contributed by atoms with Crippen LogP contribution in [-0.2, 0) is 0 Å². The Hall–Kier alpha value is -6.78. The summed E-state index contributed by atoms with van der Waals surface area (Å²) in [5.41, 5.74) is 12.6. The molecular formula is C47H31N3O. The van der Waals surface area contributed by atoms with Crippen molar-refractivity contribution in [2.45, 2.75) is 5.92 Å². The van der Waals surface area contributed by atoms with Crippen LogP contribution in [0, 0.1) is 0 Å². The first-order valence-corrected chi connectivity index (χ1v) is 17.3. The van der Waals surface area contributed by atoms with Crippen LogP contribution in [0.1, 0.15) is 22.7 Å². The van der Waals surface area contributed by atoms with Crippen molar-refractivity contribution in [3.63, 3.8) is 0 Å². The molecule has 10 rings (SSSR count). The molecule has 1 aliphatic rings. The number of nitrogens with zero attached hydrogens (tertiary/aromatic N) is 3. The smallest absolute Gasteiger partial charge is 0.137 e. The monoisotopic (exact) mass is 653 g/mol. The maximum atomic E-state index is 6.68. The van der Waals surface area contributed by atoms with Crippen LogP contribution in [0.2, 0.25) is 0 Å². The van der Waals surface area contributed by atoms with Crippen LogP contribution in [0.5, 0.6) is 11.5 Å². The highest BCUT2D eigenvalue weighted by molar-refractivity contribution is 6.09. The molecule has 9 aromatic rings. The van der Waals surface area contributed by atoms with Gasteiger partial charge in [0, 0.05) is 40.4 Å². The van der Waals surface area contributed by atoms with E-state index in [1.807, 2.05) is 24.5 Å². The summed E-state index contributed by atoms with van der Waals surface area (Å²) in [6, 6.07) is 59.3. The molecule has 0 radical (unpaired) electrons. The van der Waals surface area contributed by atoms with E-state index >= 15 is 0 Å².